The summed E-state index contributed by atoms with van der Waals surface area (Å²) in [6.07, 6.45) is 0. The Morgan fingerprint density at radius 1 is 1.00 bits per heavy atom. The molecule has 0 unspecified atom stereocenters. The molecule has 2 aromatic rings. The lowest BCUT2D eigenvalue weighted by atomic mass is 10.1. The predicted molar refractivity (Wildman–Crippen MR) is 117 cm³/mol. The maximum Gasteiger partial charge on any atom is 0.343 e. The number of hydrogen-bond donors (Lipinski definition) is 3. The maximum absolute atomic E-state index is 12.0. The molecular weight excluding hydrogens is 426 g/mol. The third-order valence-electron chi connectivity index (χ3n) is 4.06. The SMILES string of the molecule is COC(=O)COc1cc(COCC(=O)NCc2ccc(C(=N)N)cc2)ccc1OC.Cl. The third kappa shape index (κ3) is 8.53. The van der Waals surface area contributed by atoms with Crippen molar-refractivity contribution in [3.8, 4) is 11.5 Å². The van der Waals surface area contributed by atoms with Crippen molar-refractivity contribution < 1.29 is 28.5 Å². The van der Waals surface area contributed by atoms with Gasteiger partial charge in [0.1, 0.15) is 12.4 Å². The van der Waals surface area contributed by atoms with Crippen LogP contribution in [0.4, 0.5) is 0 Å². The maximum atomic E-state index is 12.0. The van der Waals surface area contributed by atoms with Crippen LogP contribution in [0.15, 0.2) is 42.5 Å². The van der Waals surface area contributed by atoms with Crippen molar-refractivity contribution in [2.75, 3.05) is 27.4 Å². The summed E-state index contributed by atoms with van der Waals surface area (Å²) in [4.78, 5) is 23.2. The molecule has 2 rings (SSSR count). The Hall–Kier alpha value is -3.30. The van der Waals surface area contributed by atoms with Crippen LogP contribution >= 0.6 is 12.4 Å². The van der Waals surface area contributed by atoms with E-state index in [1.165, 1.54) is 14.2 Å². The number of nitrogens with two attached hydrogens (primary N) is 1. The van der Waals surface area contributed by atoms with Crippen LogP contribution in [0.3, 0.4) is 0 Å². The fraction of sp³-hybridized carbons (Fsp3) is 0.286. The van der Waals surface area contributed by atoms with Crippen molar-refractivity contribution in [1.29, 1.82) is 5.41 Å². The summed E-state index contributed by atoms with van der Waals surface area (Å²) >= 11 is 0. The number of amides is 1. The second-order valence-electron chi connectivity index (χ2n) is 6.23. The fourth-order valence-electron chi connectivity index (χ4n) is 2.43. The standard InChI is InChI=1S/C21H25N3O6.ClH/c1-27-17-8-5-15(9-18(17)30-13-20(26)28-2)11-29-12-19(25)24-10-14-3-6-16(7-4-14)21(22)23;/h3-9H,10-13H2,1-2H3,(H3,22,23)(H,24,25);1H. The summed E-state index contributed by atoms with van der Waals surface area (Å²) in [6, 6.07) is 12.2. The zero-order valence-electron chi connectivity index (χ0n) is 17.3. The third-order valence-corrected chi connectivity index (χ3v) is 4.06. The van der Waals surface area contributed by atoms with E-state index in [1.807, 2.05) is 0 Å². The Bertz CT molecular complexity index is 889. The van der Waals surface area contributed by atoms with Gasteiger partial charge >= 0.3 is 5.97 Å². The van der Waals surface area contributed by atoms with Crippen LogP contribution in [0.2, 0.25) is 0 Å². The number of hydrogen-bond acceptors (Lipinski definition) is 7. The first-order chi connectivity index (χ1) is 14.4. The summed E-state index contributed by atoms with van der Waals surface area (Å²) in [5.74, 6) is 0.0719. The first-order valence-corrected chi connectivity index (χ1v) is 9.07. The lowest BCUT2D eigenvalue weighted by molar-refractivity contribution is -0.143. The Morgan fingerprint density at radius 3 is 2.29 bits per heavy atom. The average Bonchev–Trinajstić information content (AvgIpc) is 2.76. The molecule has 1 amide bonds. The highest BCUT2D eigenvalue weighted by Crippen LogP contribution is 2.28. The highest BCUT2D eigenvalue weighted by atomic mass is 35.5. The smallest absolute Gasteiger partial charge is 0.343 e. The molecule has 0 atom stereocenters. The predicted octanol–water partition coefficient (Wildman–Crippen LogP) is 1.79. The van der Waals surface area contributed by atoms with Crippen LogP contribution < -0.4 is 20.5 Å². The number of benzene rings is 2. The van der Waals surface area contributed by atoms with E-state index in [1.54, 1.807) is 42.5 Å². The number of methoxy groups -OCH3 is 2. The van der Waals surface area contributed by atoms with Crippen molar-refractivity contribution in [3.63, 3.8) is 0 Å². The lowest BCUT2D eigenvalue weighted by Gasteiger charge is -2.12. The van der Waals surface area contributed by atoms with Gasteiger partial charge in [-0.05, 0) is 23.3 Å². The second kappa shape index (κ2) is 13.1. The van der Waals surface area contributed by atoms with Crippen LogP contribution in [-0.2, 0) is 32.2 Å². The van der Waals surface area contributed by atoms with Gasteiger partial charge in [0, 0.05) is 12.1 Å². The van der Waals surface area contributed by atoms with Gasteiger partial charge in [0.05, 0.1) is 20.8 Å². The first-order valence-electron chi connectivity index (χ1n) is 9.07. The van der Waals surface area contributed by atoms with E-state index in [0.717, 1.165) is 11.1 Å². The molecule has 10 heteroatoms. The molecule has 0 saturated heterocycles. The summed E-state index contributed by atoms with van der Waals surface area (Å²) in [6.45, 7) is 0.163. The zero-order valence-corrected chi connectivity index (χ0v) is 18.1. The van der Waals surface area contributed by atoms with Crippen LogP contribution in [0.25, 0.3) is 0 Å². The molecule has 0 radical (unpaired) electrons. The molecule has 0 aliphatic heterocycles. The Kier molecular flexibility index (Phi) is 10.9. The lowest BCUT2D eigenvalue weighted by Crippen LogP contribution is -2.27. The number of ether oxygens (including phenoxy) is 4. The number of esters is 1. The molecule has 0 heterocycles. The van der Waals surface area contributed by atoms with Gasteiger partial charge in [0.15, 0.2) is 18.1 Å². The average molecular weight is 452 g/mol. The zero-order chi connectivity index (χ0) is 21.9. The summed E-state index contributed by atoms with van der Waals surface area (Å²) < 4.78 is 20.6. The van der Waals surface area contributed by atoms with Crippen molar-refractivity contribution in [1.82, 2.24) is 5.32 Å². The van der Waals surface area contributed by atoms with Crippen LogP contribution in [0.5, 0.6) is 11.5 Å². The molecule has 0 bridgehead atoms. The minimum atomic E-state index is -0.508. The highest BCUT2D eigenvalue weighted by molar-refractivity contribution is 5.94. The van der Waals surface area contributed by atoms with E-state index in [4.69, 9.17) is 25.4 Å². The number of carbonyl (C=O) groups is 2. The van der Waals surface area contributed by atoms with E-state index in [0.29, 0.717) is 23.6 Å². The quantitative estimate of drug-likeness (QED) is 0.269. The molecule has 0 saturated carbocycles. The Labute approximate surface area is 186 Å². The summed E-state index contributed by atoms with van der Waals surface area (Å²) in [7, 11) is 2.77. The van der Waals surface area contributed by atoms with Gasteiger partial charge < -0.3 is 30.0 Å². The Balaban J connectivity index is 0.00000480. The molecule has 168 valence electrons. The van der Waals surface area contributed by atoms with Gasteiger partial charge in [-0.1, -0.05) is 30.3 Å². The fourth-order valence-corrected chi connectivity index (χ4v) is 2.43. The largest absolute Gasteiger partial charge is 0.493 e. The molecule has 2 aromatic carbocycles. The van der Waals surface area contributed by atoms with E-state index in [2.05, 4.69) is 10.1 Å². The molecule has 0 aromatic heterocycles. The summed E-state index contributed by atoms with van der Waals surface area (Å²) in [5, 5.41) is 10.1. The van der Waals surface area contributed by atoms with Crippen molar-refractivity contribution in [2.24, 2.45) is 5.73 Å². The molecule has 9 nitrogen and oxygen atoms in total. The van der Waals surface area contributed by atoms with Gasteiger partial charge in [0.25, 0.3) is 0 Å². The molecule has 0 fully saturated rings. The van der Waals surface area contributed by atoms with Gasteiger partial charge in [-0.2, -0.15) is 0 Å². The number of rotatable bonds is 11. The Morgan fingerprint density at radius 2 is 1.68 bits per heavy atom. The number of nitrogens with one attached hydrogen (secondary N) is 2. The minimum absolute atomic E-state index is 0. The van der Waals surface area contributed by atoms with Crippen molar-refractivity contribution in [3.05, 3.63) is 59.2 Å². The molecule has 0 aliphatic carbocycles. The topological polar surface area (TPSA) is 133 Å². The van der Waals surface area contributed by atoms with Crippen LogP contribution in [0, 0.1) is 5.41 Å². The molecule has 0 spiro atoms. The molecule has 31 heavy (non-hydrogen) atoms. The van der Waals surface area contributed by atoms with Crippen molar-refractivity contribution in [2.45, 2.75) is 13.2 Å². The monoisotopic (exact) mass is 451 g/mol. The van der Waals surface area contributed by atoms with E-state index < -0.39 is 5.97 Å². The van der Waals surface area contributed by atoms with Gasteiger partial charge in [0.2, 0.25) is 5.91 Å². The molecule has 4 N–H and O–H groups in total. The number of nitrogen functional groups attached to an aromatic ring is 1. The first kappa shape index (κ1) is 25.7. The van der Waals surface area contributed by atoms with Gasteiger partial charge in [-0.15, -0.1) is 12.4 Å². The van der Waals surface area contributed by atoms with Crippen molar-refractivity contribution >= 4 is 30.1 Å². The van der Waals surface area contributed by atoms with E-state index in [-0.39, 0.29) is 44.0 Å². The van der Waals surface area contributed by atoms with Gasteiger partial charge in [-0.3, -0.25) is 10.2 Å². The minimum Gasteiger partial charge on any atom is -0.493 e. The molecule has 0 aliphatic rings. The van der Waals surface area contributed by atoms with E-state index in [9.17, 15) is 9.59 Å². The summed E-state index contributed by atoms with van der Waals surface area (Å²) in [5.41, 5.74) is 7.68. The van der Waals surface area contributed by atoms with Crippen LogP contribution in [-0.4, -0.2) is 45.1 Å². The highest BCUT2D eigenvalue weighted by Gasteiger charge is 2.10. The van der Waals surface area contributed by atoms with Crippen LogP contribution in [0.1, 0.15) is 16.7 Å². The van der Waals surface area contributed by atoms with Gasteiger partial charge in [-0.25, -0.2) is 4.79 Å². The molecular formula is C21H26ClN3O6. The normalized spacial score (nSPS) is 9.87. The van der Waals surface area contributed by atoms with E-state index >= 15 is 0 Å². The number of carbonyl (C=O) groups excluding carboxylic acids is 2. The second-order valence-corrected chi connectivity index (χ2v) is 6.23. The number of amidine groups is 1. The number of halogens is 1.